The molecule has 0 radical (unpaired) electrons. The number of nitriles is 1. The summed E-state index contributed by atoms with van der Waals surface area (Å²) >= 11 is 0. The molecule has 2 fully saturated rings. The van der Waals surface area contributed by atoms with Crippen LogP contribution >= 0.6 is 0 Å². The lowest BCUT2D eigenvalue weighted by Crippen LogP contribution is -2.53. The molecule has 5 rings (SSSR count). The molecule has 3 aromatic rings. The maximum Gasteiger partial charge on any atom is 0.266 e. The van der Waals surface area contributed by atoms with Crippen LogP contribution < -0.4 is 14.5 Å². The van der Waals surface area contributed by atoms with Gasteiger partial charge in [-0.25, -0.2) is 9.97 Å². The van der Waals surface area contributed by atoms with Crippen LogP contribution in [0.25, 0.3) is 0 Å². The van der Waals surface area contributed by atoms with Gasteiger partial charge in [0.25, 0.3) is 11.8 Å². The number of nitrogens with zero attached hydrogens (tertiary/aromatic N) is 8. The van der Waals surface area contributed by atoms with Gasteiger partial charge in [0.1, 0.15) is 12.7 Å². The molecule has 2 atom stereocenters. The number of rotatable bonds is 6. The van der Waals surface area contributed by atoms with E-state index in [4.69, 9.17) is 18.7 Å². The zero-order valence-corrected chi connectivity index (χ0v) is 18.7. The van der Waals surface area contributed by atoms with Gasteiger partial charge in [0, 0.05) is 43.6 Å². The summed E-state index contributed by atoms with van der Waals surface area (Å²) in [6, 6.07) is 4.00. The van der Waals surface area contributed by atoms with Gasteiger partial charge in [-0.1, -0.05) is 0 Å². The normalized spacial score (nSPS) is 20.7. The third-order valence-electron chi connectivity index (χ3n) is 5.73. The Labute approximate surface area is 196 Å². The third-order valence-corrected chi connectivity index (χ3v) is 5.73. The highest BCUT2D eigenvalue weighted by Gasteiger charge is 2.30. The summed E-state index contributed by atoms with van der Waals surface area (Å²) in [5.74, 6) is 2.15. The zero-order chi connectivity index (χ0) is 23.3. The lowest BCUT2D eigenvalue weighted by Gasteiger charge is -2.39. The second kappa shape index (κ2) is 9.98. The molecule has 0 bridgehead atoms. The van der Waals surface area contributed by atoms with Gasteiger partial charge in [0.15, 0.2) is 11.9 Å². The minimum atomic E-state index is -0.312. The van der Waals surface area contributed by atoms with Crippen LogP contribution in [-0.2, 0) is 16.1 Å². The molecule has 176 valence electrons. The lowest BCUT2D eigenvalue weighted by molar-refractivity contribution is -0.101. The fraction of sp³-hybridized carbons (Fsp3) is 0.455. The van der Waals surface area contributed by atoms with Crippen molar-refractivity contribution >= 4 is 11.9 Å². The highest BCUT2D eigenvalue weighted by Crippen LogP contribution is 2.24. The first-order valence-electron chi connectivity index (χ1n) is 11.0. The van der Waals surface area contributed by atoms with Crippen molar-refractivity contribution in [2.45, 2.75) is 25.7 Å². The number of aromatic nitrogens is 5. The molecular formula is C22H24N8O4. The van der Waals surface area contributed by atoms with Gasteiger partial charge in [-0.05, 0) is 18.1 Å². The smallest absolute Gasteiger partial charge is 0.266 e. The second-order valence-electron chi connectivity index (χ2n) is 8.01. The lowest BCUT2D eigenvalue weighted by atomic mass is 10.2. The molecule has 2 aliphatic heterocycles. The number of hydrogen-bond donors (Lipinski definition) is 0. The number of piperazine rings is 1. The quantitative estimate of drug-likeness (QED) is 0.523. The molecule has 0 N–H and O–H groups in total. The van der Waals surface area contributed by atoms with Gasteiger partial charge in [0.05, 0.1) is 37.8 Å². The van der Waals surface area contributed by atoms with E-state index in [9.17, 15) is 5.26 Å². The molecule has 12 heteroatoms. The molecule has 5 heterocycles. The van der Waals surface area contributed by atoms with Gasteiger partial charge in [-0.15, -0.1) is 0 Å². The van der Waals surface area contributed by atoms with Gasteiger partial charge in [0.2, 0.25) is 5.95 Å². The van der Waals surface area contributed by atoms with E-state index < -0.39 is 0 Å². The van der Waals surface area contributed by atoms with Gasteiger partial charge < -0.3 is 28.5 Å². The fourth-order valence-corrected chi connectivity index (χ4v) is 3.90. The Morgan fingerprint density at radius 3 is 2.82 bits per heavy atom. The Morgan fingerprint density at radius 1 is 1.18 bits per heavy atom. The van der Waals surface area contributed by atoms with Crippen molar-refractivity contribution in [1.82, 2.24) is 25.1 Å². The molecule has 0 spiro atoms. The van der Waals surface area contributed by atoms with Crippen LogP contribution in [0.4, 0.5) is 11.9 Å². The minimum Gasteiger partial charge on any atom is -0.486 e. The van der Waals surface area contributed by atoms with E-state index in [0.29, 0.717) is 68.6 Å². The summed E-state index contributed by atoms with van der Waals surface area (Å²) in [6.07, 6.45) is 6.13. The number of hydrogen-bond acceptors (Lipinski definition) is 12. The van der Waals surface area contributed by atoms with Crippen molar-refractivity contribution in [3.8, 4) is 11.8 Å². The van der Waals surface area contributed by atoms with E-state index in [1.165, 1.54) is 6.20 Å². The average molecular weight is 464 g/mol. The molecule has 1 unspecified atom stereocenters. The molecule has 2 aliphatic rings. The van der Waals surface area contributed by atoms with Crippen LogP contribution in [0, 0.1) is 11.3 Å². The summed E-state index contributed by atoms with van der Waals surface area (Å²) in [6.45, 7) is 5.97. The van der Waals surface area contributed by atoms with Crippen molar-refractivity contribution in [3.05, 3.63) is 47.9 Å². The molecular weight excluding hydrogens is 440 g/mol. The summed E-state index contributed by atoms with van der Waals surface area (Å²) in [5, 5.41) is 13.3. The number of pyridine rings is 1. The van der Waals surface area contributed by atoms with Crippen LogP contribution in [0.15, 0.2) is 35.4 Å². The Morgan fingerprint density at radius 2 is 2.06 bits per heavy atom. The zero-order valence-electron chi connectivity index (χ0n) is 18.7. The summed E-state index contributed by atoms with van der Waals surface area (Å²) in [5.41, 5.74) is 1.25. The standard InChI is InChI=1S/C22H24N8O4/c1-15-12-29(22-27-20(34-28-22)19-14-31-6-7-32-19)4-5-30(15)21-25-10-18(11-26-21)33-13-16-2-3-24-9-17(16)8-23/h2-3,9-11,15,19H,4-7,12-14H2,1H3/t15-,19?/m1/s1. The van der Waals surface area contributed by atoms with Crippen LogP contribution in [0.5, 0.6) is 5.75 Å². The first-order valence-corrected chi connectivity index (χ1v) is 11.0. The molecule has 0 aromatic carbocycles. The van der Waals surface area contributed by atoms with Crippen LogP contribution in [0.2, 0.25) is 0 Å². The van der Waals surface area contributed by atoms with Crippen molar-refractivity contribution in [3.63, 3.8) is 0 Å². The van der Waals surface area contributed by atoms with E-state index in [-0.39, 0.29) is 18.8 Å². The van der Waals surface area contributed by atoms with Crippen molar-refractivity contribution < 1.29 is 18.7 Å². The minimum absolute atomic E-state index is 0.131. The Hall–Kier alpha value is -3.82. The Bertz CT molecular complexity index is 1140. The molecule has 34 heavy (non-hydrogen) atoms. The summed E-state index contributed by atoms with van der Waals surface area (Å²) in [7, 11) is 0. The second-order valence-corrected chi connectivity index (χ2v) is 8.01. The molecule has 2 saturated heterocycles. The van der Waals surface area contributed by atoms with E-state index in [2.05, 4.69) is 47.9 Å². The van der Waals surface area contributed by atoms with Crippen molar-refractivity contribution in [2.24, 2.45) is 0 Å². The van der Waals surface area contributed by atoms with Crippen molar-refractivity contribution in [1.29, 1.82) is 5.26 Å². The first-order chi connectivity index (χ1) is 16.7. The predicted molar refractivity (Wildman–Crippen MR) is 118 cm³/mol. The molecule has 3 aromatic heterocycles. The predicted octanol–water partition coefficient (Wildman–Crippen LogP) is 1.51. The largest absolute Gasteiger partial charge is 0.486 e. The highest BCUT2D eigenvalue weighted by atomic mass is 16.6. The first kappa shape index (κ1) is 22.0. The van der Waals surface area contributed by atoms with E-state index >= 15 is 0 Å². The Balaban J connectivity index is 1.17. The van der Waals surface area contributed by atoms with Gasteiger partial charge >= 0.3 is 0 Å². The molecule has 0 aliphatic carbocycles. The maximum atomic E-state index is 9.17. The topological polar surface area (TPSA) is 136 Å². The fourth-order valence-electron chi connectivity index (χ4n) is 3.90. The van der Waals surface area contributed by atoms with Crippen molar-refractivity contribution in [2.75, 3.05) is 49.3 Å². The Kier molecular flexibility index (Phi) is 6.46. The number of ether oxygens (including phenoxy) is 3. The van der Waals surface area contributed by atoms with E-state index in [1.807, 2.05) is 0 Å². The van der Waals surface area contributed by atoms with Gasteiger partial charge in [-0.3, -0.25) is 4.98 Å². The SMILES string of the molecule is C[C@@H]1CN(c2noc(C3COCCO3)n2)CCN1c1ncc(OCc2ccncc2C#N)cn1. The third kappa shape index (κ3) is 4.75. The molecule has 0 saturated carbocycles. The molecule has 12 nitrogen and oxygen atoms in total. The van der Waals surface area contributed by atoms with E-state index in [0.717, 1.165) is 5.56 Å². The monoisotopic (exact) mass is 464 g/mol. The summed E-state index contributed by atoms with van der Waals surface area (Å²) < 4.78 is 22.2. The average Bonchev–Trinajstić information content (AvgIpc) is 3.39. The van der Waals surface area contributed by atoms with Crippen LogP contribution in [0.3, 0.4) is 0 Å². The van der Waals surface area contributed by atoms with Crippen LogP contribution in [0.1, 0.15) is 30.0 Å². The number of anilines is 2. The maximum absolute atomic E-state index is 9.17. The highest BCUT2D eigenvalue weighted by molar-refractivity contribution is 5.40. The van der Waals surface area contributed by atoms with Gasteiger partial charge in [-0.2, -0.15) is 10.2 Å². The van der Waals surface area contributed by atoms with Crippen LogP contribution in [-0.4, -0.2) is 70.6 Å². The van der Waals surface area contributed by atoms with E-state index in [1.54, 1.807) is 24.7 Å². The summed E-state index contributed by atoms with van der Waals surface area (Å²) in [4.78, 5) is 21.6. The molecule has 0 amide bonds.